The minimum absolute atomic E-state index is 0.508. The number of aryl methyl sites for hydroxylation is 1. The molecule has 0 saturated heterocycles. The standard InChI is InChI=1S/C18H34N2O/c1-6-8-10-20(11-9-7-2)14-18-12-17(16(5)21-18)13-19-15(3)4/h12,15,19H,6-11,13-14H2,1-5H3. The van der Waals surface area contributed by atoms with E-state index in [-0.39, 0.29) is 0 Å². The molecule has 3 nitrogen and oxygen atoms in total. The fourth-order valence-electron chi connectivity index (χ4n) is 2.41. The normalized spacial score (nSPS) is 11.8. The van der Waals surface area contributed by atoms with Crippen LogP contribution in [0.25, 0.3) is 0 Å². The van der Waals surface area contributed by atoms with Gasteiger partial charge in [0.05, 0.1) is 6.54 Å². The van der Waals surface area contributed by atoms with Gasteiger partial charge in [0.25, 0.3) is 0 Å². The molecule has 0 radical (unpaired) electrons. The lowest BCUT2D eigenvalue weighted by Gasteiger charge is -2.20. The van der Waals surface area contributed by atoms with Crippen LogP contribution in [0.1, 0.15) is 70.5 Å². The lowest BCUT2D eigenvalue weighted by atomic mass is 10.2. The van der Waals surface area contributed by atoms with E-state index in [0.717, 1.165) is 24.6 Å². The van der Waals surface area contributed by atoms with Gasteiger partial charge in [-0.05, 0) is 38.9 Å². The largest absolute Gasteiger partial charge is 0.465 e. The molecule has 1 aromatic heterocycles. The van der Waals surface area contributed by atoms with E-state index in [4.69, 9.17) is 4.42 Å². The molecule has 0 aliphatic carbocycles. The van der Waals surface area contributed by atoms with Crippen LogP contribution in [-0.4, -0.2) is 24.0 Å². The first kappa shape index (κ1) is 18.2. The van der Waals surface area contributed by atoms with Crippen molar-refractivity contribution in [3.05, 3.63) is 23.2 Å². The molecule has 0 aromatic carbocycles. The van der Waals surface area contributed by atoms with Gasteiger partial charge in [-0.15, -0.1) is 0 Å². The first-order valence-corrected chi connectivity index (χ1v) is 8.60. The summed E-state index contributed by atoms with van der Waals surface area (Å²) in [5, 5.41) is 3.46. The number of nitrogens with one attached hydrogen (secondary N) is 1. The summed E-state index contributed by atoms with van der Waals surface area (Å²) in [6.07, 6.45) is 5.04. The maximum atomic E-state index is 5.96. The molecule has 0 atom stereocenters. The monoisotopic (exact) mass is 294 g/mol. The highest BCUT2D eigenvalue weighted by Crippen LogP contribution is 2.17. The van der Waals surface area contributed by atoms with Crippen LogP contribution in [0.3, 0.4) is 0 Å². The van der Waals surface area contributed by atoms with Gasteiger partial charge in [0.15, 0.2) is 0 Å². The van der Waals surface area contributed by atoms with Gasteiger partial charge in [-0.2, -0.15) is 0 Å². The summed E-state index contributed by atoms with van der Waals surface area (Å²) in [5.74, 6) is 2.17. The van der Waals surface area contributed by atoms with Crippen molar-refractivity contribution in [1.82, 2.24) is 10.2 Å². The molecule has 0 spiro atoms. The van der Waals surface area contributed by atoms with E-state index in [0.29, 0.717) is 6.04 Å². The number of furan rings is 1. The summed E-state index contributed by atoms with van der Waals surface area (Å²) >= 11 is 0. The fourth-order valence-corrected chi connectivity index (χ4v) is 2.41. The molecule has 3 heteroatoms. The van der Waals surface area contributed by atoms with Gasteiger partial charge in [-0.1, -0.05) is 40.5 Å². The summed E-state index contributed by atoms with van der Waals surface area (Å²) < 4.78 is 5.96. The van der Waals surface area contributed by atoms with Crippen molar-refractivity contribution in [2.45, 2.75) is 79.4 Å². The molecular formula is C18H34N2O. The number of hydrogen-bond acceptors (Lipinski definition) is 3. The smallest absolute Gasteiger partial charge is 0.118 e. The third kappa shape index (κ3) is 7.14. The Balaban J connectivity index is 2.58. The van der Waals surface area contributed by atoms with Gasteiger partial charge in [0.1, 0.15) is 11.5 Å². The predicted octanol–water partition coefficient (Wildman–Crippen LogP) is 4.49. The first-order chi connectivity index (χ1) is 10.1. The van der Waals surface area contributed by atoms with Crippen LogP contribution >= 0.6 is 0 Å². The average molecular weight is 294 g/mol. The zero-order valence-electron chi connectivity index (χ0n) is 14.7. The second kappa shape index (κ2) is 10.0. The van der Waals surface area contributed by atoms with Gasteiger partial charge in [-0.3, -0.25) is 4.90 Å². The van der Waals surface area contributed by atoms with Gasteiger partial charge < -0.3 is 9.73 Å². The second-order valence-corrected chi connectivity index (χ2v) is 6.31. The summed E-state index contributed by atoms with van der Waals surface area (Å²) in [7, 11) is 0. The van der Waals surface area contributed by atoms with Gasteiger partial charge in [-0.25, -0.2) is 0 Å². The fraction of sp³-hybridized carbons (Fsp3) is 0.778. The molecule has 0 unspecified atom stereocenters. The van der Waals surface area contributed by atoms with Crippen molar-refractivity contribution in [1.29, 1.82) is 0 Å². The molecule has 0 aliphatic heterocycles. The molecule has 1 heterocycles. The molecule has 21 heavy (non-hydrogen) atoms. The molecule has 0 amide bonds. The van der Waals surface area contributed by atoms with E-state index in [9.17, 15) is 0 Å². The SMILES string of the molecule is CCCCN(CCCC)Cc1cc(CNC(C)C)c(C)o1. The Morgan fingerprint density at radius 2 is 1.76 bits per heavy atom. The van der Waals surface area contributed by atoms with E-state index >= 15 is 0 Å². The van der Waals surface area contributed by atoms with Crippen LogP contribution in [0.4, 0.5) is 0 Å². The van der Waals surface area contributed by atoms with Crippen LogP contribution in [0.2, 0.25) is 0 Å². The highest BCUT2D eigenvalue weighted by atomic mass is 16.3. The Labute approximate surface area is 131 Å². The molecule has 0 bridgehead atoms. The van der Waals surface area contributed by atoms with Crippen LogP contribution in [0, 0.1) is 6.92 Å². The van der Waals surface area contributed by atoms with Crippen molar-refractivity contribution >= 4 is 0 Å². The summed E-state index contributed by atoms with van der Waals surface area (Å²) in [5.41, 5.74) is 1.30. The number of nitrogens with zero attached hydrogens (tertiary/aromatic N) is 1. The van der Waals surface area contributed by atoms with Gasteiger partial charge >= 0.3 is 0 Å². The minimum atomic E-state index is 0.508. The molecule has 1 aromatic rings. The molecule has 1 rings (SSSR count). The van der Waals surface area contributed by atoms with E-state index in [1.165, 1.54) is 44.3 Å². The summed E-state index contributed by atoms with van der Waals surface area (Å²) in [6.45, 7) is 15.1. The Kier molecular flexibility index (Phi) is 8.70. The zero-order chi connectivity index (χ0) is 15.7. The molecular weight excluding hydrogens is 260 g/mol. The molecule has 122 valence electrons. The average Bonchev–Trinajstić information content (AvgIpc) is 2.79. The van der Waals surface area contributed by atoms with Gasteiger partial charge in [0.2, 0.25) is 0 Å². The highest BCUT2D eigenvalue weighted by molar-refractivity contribution is 5.20. The van der Waals surface area contributed by atoms with Crippen LogP contribution < -0.4 is 5.32 Å². The number of hydrogen-bond donors (Lipinski definition) is 1. The van der Waals surface area contributed by atoms with Crippen molar-refractivity contribution in [3.8, 4) is 0 Å². The summed E-state index contributed by atoms with van der Waals surface area (Å²) in [4.78, 5) is 2.53. The topological polar surface area (TPSA) is 28.4 Å². The number of unbranched alkanes of at least 4 members (excludes halogenated alkanes) is 2. The van der Waals surface area contributed by atoms with Crippen LogP contribution in [-0.2, 0) is 13.1 Å². The van der Waals surface area contributed by atoms with E-state index in [2.05, 4.69) is 50.9 Å². The highest BCUT2D eigenvalue weighted by Gasteiger charge is 2.11. The second-order valence-electron chi connectivity index (χ2n) is 6.31. The van der Waals surface area contributed by atoms with E-state index in [1.54, 1.807) is 0 Å². The Hall–Kier alpha value is -0.800. The van der Waals surface area contributed by atoms with Crippen molar-refractivity contribution < 1.29 is 4.42 Å². The third-order valence-corrected chi connectivity index (χ3v) is 3.81. The molecule has 0 aliphatic rings. The van der Waals surface area contributed by atoms with Crippen molar-refractivity contribution in [3.63, 3.8) is 0 Å². The minimum Gasteiger partial charge on any atom is -0.465 e. The molecule has 0 saturated carbocycles. The quantitative estimate of drug-likeness (QED) is 0.652. The zero-order valence-corrected chi connectivity index (χ0v) is 14.7. The van der Waals surface area contributed by atoms with E-state index < -0.39 is 0 Å². The number of rotatable bonds is 11. The van der Waals surface area contributed by atoms with Crippen LogP contribution in [0.5, 0.6) is 0 Å². The third-order valence-electron chi connectivity index (χ3n) is 3.81. The maximum Gasteiger partial charge on any atom is 0.118 e. The molecule has 0 fully saturated rings. The van der Waals surface area contributed by atoms with Gasteiger partial charge in [0, 0.05) is 18.2 Å². The lowest BCUT2D eigenvalue weighted by molar-refractivity contribution is 0.235. The molecule has 1 N–H and O–H groups in total. The maximum absolute atomic E-state index is 5.96. The Morgan fingerprint density at radius 3 is 2.29 bits per heavy atom. The first-order valence-electron chi connectivity index (χ1n) is 8.60. The Morgan fingerprint density at radius 1 is 1.14 bits per heavy atom. The predicted molar refractivity (Wildman–Crippen MR) is 90.5 cm³/mol. The lowest BCUT2D eigenvalue weighted by Crippen LogP contribution is -2.25. The van der Waals surface area contributed by atoms with Crippen LogP contribution in [0.15, 0.2) is 10.5 Å². The van der Waals surface area contributed by atoms with E-state index in [1.807, 2.05) is 0 Å². The van der Waals surface area contributed by atoms with Crippen molar-refractivity contribution in [2.24, 2.45) is 0 Å². The Bertz CT molecular complexity index is 377. The summed E-state index contributed by atoms with van der Waals surface area (Å²) in [6, 6.07) is 2.74. The van der Waals surface area contributed by atoms with Crippen molar-refractivity contribution in [2.75, 3.05) is 13.1 Å².